The van der Waals surface area contributed by atoms with Gasteiger partial charge in [-0.25, -0.2) is 4.79 Å². The number of imide groups is 1. The first-order valence-corrected chi connectivity index (χ1v) is 9.40. The van der Waals surface area contributed by atoms with Crippen LogP contribution in [0.5, 0.6) is 5.75 Å². The Balaban J connectivity index is 1.47. The van der Waals surface area contributed by atoms with Crippen LogP contribution in [0, 0.1) is 22.0 Å². The molecule has 0 unspecified atom stereocenters. The molecule has 148 valence electrons. The molecule has 2 amide bonds. The van der Waals surface area contributed by atoms with Crippen molar-refractivity contribution in [1.82, 2.24) is 0 Å². The van der Waals surface area contributed by atoms with E-state index >= 15 is 0 Å². The molecule has 1 aliphatic carbocycles. The summed E-state index contributed by atoms with van der Waals surface area (Å²) in [6.07, 6.45) is 3.40. The molecule has 2 aromatic rings. The van der Waals surface area contributed by atoms with Crippen LogP contribution in [0.1, 0.15) is 36.0 Å². The average Bonchev–Trinajstić information content (AvgIpc) is 2.99. The normalized spacial score (nSPS) is 21.0. The first-order valence-electron chi connectivity index (χ1n) is 9.40. The highest BCUT2D eigenvalue weighted by molar-refractivity contribution is 6.22. The van der Waals surface area contributed by atoms with E-state index in [9.17, 15) is 24.5 Å². The Morgan fingerprint density at radius 3 is 2.00 bits per heavy atom. The molecule has 1 aliphatic heterocycles. The van der Waals surface area contributed by atoms with Crippen molar-refractivity contribution < 1.29 is 24.0 Å². The summed E-state index contributed by atoms with van der Waals surface area (Å²) in [6, 6.07) is 11.3. The lowest BCUT2D eigenvalue weighted by molar-refractivity contribution is -0.384. The Morgan fingerprint density at radius 2 is 1.48 bits per heavy atom. The van der Waals surface area contributed by atoms with Crippen molar-refractivity contribution in [2.75, 3.05) is 4.90 Å². The van der Waals surface area contributed by atoms with Gasteiger partial charge in [0.1, 0.15) is 5.75 Å². The Kier molecular flexibility index (Phi) is 4.84. The molecule has 4 rings (SSSR count). The van der Waals surface area contributed by atoms with Crippen molar-refractivity contribution in [3.05, 3.63) is 64.2 Å². The zero-order valence-corrected chi connectivity index (χ0v) is 15.4. The number of benzene rings is 2. The lowest BCUT2D eigenvalue weighted by atomic mass is 9.81. The van der Waals surface area contributed by atoms with Gasteiger partial charge in [0.05, 0.1) is 28.0 Å². The molecular formula is C21H18N2O6. The van der Waals surface area contributed by atoms with E-state index in [0.717, 1.165) is 25.7 Å². The summed E-state index contributed by atoms with van der Waals surface area (Å²) in [5, 5.41) is 10.7. The highest BCUT2D eigenvalue weighted by Gasteiger charge is 2.48. The maximum Gasteiger partial charge on any atom is 0.343 e. The number of anilines is 1. The predicted octanol–water partition coefficient (Wildman–Crippen LogP) is 3.49. The van der Waals surface area contributed by atoms with Crippen LogP contribution < -0.4 is 9.64 Å². The second-order valence-electron chi connectivity index (χ2n) is 7.20. The van der Waals surface area contributed by atoms with Crippen molar-refractivity contribution in [1.29, 1.82) is 0 Å². The van der Waals surface area contributed by atoms with Gasteiger partial charge < -0.3 is 4.74 Å². The first kappa shape index (κ1) is 18.8. The minimum absolute atomic E-state index is 0.102. The van der Waals surface area contributed by atoms with E-state index in [0.29, 0.717) is 5.69 Å². The number of esters is 1. The van der Waals surface area contributed by atoms with Gasteiger partial charge in [-0.2, -0.15) is 0 Å². The molecule has 1 saturated heterocycles. The van der Waals surface area contributed by atoms with Gasteiger partial charge in [-0.1, -0.05) is 12.8 Å². The number of rotatable bonds is 4. The van der Waals surface area contributed by atoms with Crippen molar-refractivity contribution in [2.45, 2.75) is 25.7 Å². The molecule has 2 atom stereocenters. The highest BCUT2D eigenvalue weighted by Crippen LogP contribution is 2.40. The Morgan fingerprint density at radius 1 is 0.931 bits per heavy atom. The summed E-state index contributed by atoms with van der Waals surface area (Å²) in [4.78, 5) is 49.0. The molecule has 0 aromatic heterocycles. The Labute approximate surface area is 166 Å². The Bertz CT molecular complexity index is 959. The summed E-state index contributed by atoms with van der Waals surface area (Å²) in [7, 11) is 0. The van der Waals surface area contributed by atoms with Gasteiger partial charge in [0, 0.05) is 12.1 Å². The van der Waals surface area contributed by atoms with E-state index in [-0.39, 0.29) is 40.7 Å². The highest BCUT2D eigenvalue weighted by atomic mass is 16.6. The summed E-state index contributed by atoms with van der Waals surface area (Å²) in [5.41, 5.74) is 0.583. The molecule has 1 saturated carbocycles. The van der Waals surface area contributed by atoms with E-state index in [4.69, 9.17) is 4.74 Å². The molecule has 29 heavy (non-hydrogen) atoms. The van der Waals surface area contributed by atoms with E-state index in [1.165, 1.54) is 41.3 Å². The molecule has 2 aromatic carbocycles. The SMILES string of the molecule is O=C(Oc1ccc([N+](=O)[O-])cc1)c1ccc(N2C(=O)[C@@H]3CCCC[C@H]3C2=O)cc1. The van der Waals surface area contributed by atoms with E-state index in [2.05, 4.69) is 0 Å². The number of amides is 2. The second kappa shape index (κ2) is 7.46. The third-order valence-electron chi connectivity index (χ3n) is 5.46. The van der Waals surface area contributed by atoms with E-state index in [1.54, 1.807) is 12.1 Å². The monoisotopic (exact) mass is 394 g/mol. The second-order valence-corrected chi connectivity index (χ2v) is 7.20. The van der Waals surface area contributed by atoms with Crippen LogP contribution in [0.3, 0.4) is 0 Å². The smallest absolute Gasteiger partial charge is 0.343 e. The molecular weight excluding hydrogens is 376 g/mol. The average molecular weight is 394 g/mol. The standard InChI is InChI=1S/C21H18N2O6/c24-19-17-3-1-2-4-18(17)20(25)22(19)14-7-5-13(6-8-14)21(26)29-16-11-9-15(10-12-16)23(27)28/h5-12,17-18H,1-4H2/t17-,18-/m1/s1. The number of carbonyl (C=O) groups excluding carboxylic acids is 3. The van der Waals surface area contributed by atoms with Gasteiger partial charge in [-0.3, -0.25) is 24.6 Å². The quantitative estimate of drug-likeness (QED) is 0.258. The molecule has 1 heterocycles. The summed E-state index contributed by atoms with van der Waals surface area (Å²) < 4.78 is 5.21. The van der Waals surface area contributed by atoms with Crippen molar-refractivity contribution in [3.63, 3.8) is 0 Å². The third-order valence-corrected chi connectivity index (χ3v) is 5.46. The fraction of sp³-hybridized carbons (Fsp3) is 0.286. The van der Waals surface area contributed by atoms with Crippen LogP contribution >= 0.6 is 0 Å². The Hall–Kier alpha value is -3.55. The first-order chi connectivity index (χ1) is 14.0. The minimum atomic E-state index is -0.641. The topological polar surface area (TPSA) is 107 Å². The van der Waals surface area contributed by atoms with Crippen molar-refractivity contribution in [3.8, 4) is 5.75 Å². The zero-order valence-electron chi connectivity index (χ0n) is 15.4. The number of nitro groups is 1. The maximum absolute atomic E-state index is 12.7. The fourth-order valence-electron chi connectivity index (χ4n) is 3.97. The largest absolute Gasteiger partial charge is 0.423 e. The van der Waals surface area contributed by atoms with Crippen molar-refractivity contribution in [2.24, 2.45) is 11.8 Å². The molecule has 0 spiro atoms. The molecule has 2 aliphatic rings. The number of hydrogen-bond acceptors (Lipinski definition) is 6. The molecule has 0 radical (unpaired) electrons. The van der Waals surface area contributed by atoms with E-state index in [1.807, 2.05) is 0 Å². The summed E-state index contributed by atoms with van der Waals surface area (Å²) >= 11 is 0. The molecule has 2 fully saturated rings. The van der Waals surface area contributed by atoms with Crippen LogP contribution in [0.15, 0.2) is 48.5 Å². The number of non-ortho nitro benzene ring substituents is 1. The maximum atomic E-state index is 12.7. The third kappa shape index (κ3) is 3.49. The van der Waals surface area contributed by atoms with Gasteiger partial charge in [-0.05, 0) is 49.2 Å². The van der Waals surface area contributed by atoms with Crippen LogP contribution in [0.2, 0.25) is 0 Å². The number of nitro benzene ring substituents is 1. The zero-order chi connectivity index (χ0) is 20.5. The van der Waals surface area contributed by atoms with Gasteiger partial charge in [0.25, 0.3) is 5.69 Å². The lowest BCUT2D eigenvalue weighted by Gasteiger charge is -2.19. The number of ether oxygens (including phenoxy) is 1. The molecule has 0 N–H and O–H groups in total. The van der Waals surface area contributed by atoms with Gasteiger partial charge in [0.2, 0.25) is 11.8 Å². The number of fused-ring (bicyclic) bond motifs is 1. The molecule has 0 bridgehead atoms. The number of nitrogens with zero attached hydrogens (tertiary/aromatic N) is 2. The molecule has 8 nitrogen and oxygen atoms in total. The van der Waals surface area contributed by atoms with Gasteiger partial charge in [0.15, 0.2) is 0 Å². The minimum Gasteiger partial charge on any atom is -0.423 e. The lowest BCUT2D eigenvalue weighted by Crippen LogP contribution is -2.30. The summed E-state index contributed by atoms with van der Waals surface area (Å²) in [6.45, 7) is 0. The van der Waals surface area contributed by atoms with Gasteiger partial charge >= 0.3 is 5.97 Å². The number of carbonyl (C=O) groups is 3. The van der Waals surface area contributed by atoms with Crippen LogP contribution in [0.25, 0.3) is 0 Å². The van der Waals surface area contributed by atoms with Crippen molar-refractivity contribution >= 4 is 29.2 Å². The summed E-state index contributed by atoms with van der Waals surface area (Å²) in [5.74, 6) is -1.26. The van der Waals surface area contributed by atoms with Gasteiger partial charge in [-0.15, -0.1) is 0 Å². The molecule has 8 heteroatoms. The van der Waals surface area contributed by atoms with Crippen LogP contribution in [-0.2, 0) is 9.59 Å². The van der Waals surface area contributed by atoms with Crippen LogP contribution in [-0.4, -0.2) is 22.7 Å². The predicted molar refractivity (Wildman–Crippen MR) is 102 cm³/mol. The van der Waals surface area contributed by atoms with Crippen LogP contribution in [0.4, 0.5) is 11.4 Å². The fourth-order valence-corrected chi connectivity index (χ4v) is 3.97. The number of hydrogen-bond donors (Lipinski definition) is 0. The van der Waals surface area contributed by atoms with E-state index < -0.39 is 10.9 Å².